The van der Waals surface area contributed by atoms with Crippen molar-refractivity contribution >= 4 is 0 Å². The Bertz CT molecular complexity index is 119. The molecule has 2 nitrogen and oxygen atoms in total. The maximum Gasteiger partial charge on any atom is 0.0615 e. The minimum absolute atomic E-state index is 0.212. The molecule has 0 aromatic carbocycles. The van der Waals surface area contributed by atoms with E-state index < -0.39 is 0 Å². The first kappa shape index (κ1) is 8.75. The van der Waals surface area contributed by atoms with Crippen molar-refractivity contribution in [3.63, 3.8) is 0 Å². The lowest BCUT2D eigenvalue weighted by Gasteiger charge is -2.25. The molecule has 1 fully saturated rings. The van der Waals surface area contributed by atoms with Gasteiger partial charge in [0.25, 0.3) is 0 Å². The summed E-state index contributed by atoms with van der Waals surface area (Å²) in [6.07, 6.45) is 4.54. The number of piperidine rings is 1. The van der Waals surface area contributed by atoms with Crippen molar-refractivity contribution in [2.24, 2.45) is 5.92 Å². The molecule has 2 atom stereocenters. The monoisotopic (exact) mass is 154 g/mol. The van der Waals surface area contributed by atoms with E-state index in [9.17, 15) is 5.11 Å². The molecule has 1 rings (SSSR count). The van der Waals surface area contributed by atoms with Crippen LogP contribution in [0.3, 0.4) is 0 Å². The van der Waals surface area contributed by atoms with E-state index in [1.807, 2.05) is 0 Å². The highest BCUT2D eigenvalue weighted by atomic mass is 16.3. The zero-order valence-corrected chi connectivity index (χ0v) is 6.87. The first-order valence-electron chi connectivity index (χ1n) is 4.27. The summed E-state index contributed by atoms with van der Waals surface area (Å²) in [6, 6.07) is 0. The fourth-order valence-electron chi connectivity index (χ4n) is 1.49. The maximum atomic E-state index is 9.54. The van der Waals surface area contributed by atoms with Crippen molar-refractivity contribution in [3.05, 3.63) is 12.7 Å². The molecule has 1 aliphatic heterocycles. The normalized spacial score (nSPS) is 27.9. The van der Waals surface area contributed by atoms with Crippen LogP contribution in [0.2, 0.25) is 0 Å². The van der Waals surface area contributed by atoms with E-state index in [1.165, 1.54) is 0 Å². The van der Waals surface area contributed by atoms with Gasteiger partial charge >= 0.3 is 0 Å². The average molecular weight is 154 g/mol. The summed E-state index contributed by atoms with van der Waals surface area (Å²) in [7, 11) is 0. The summed E-state index contributed by atoms with van der Waals surface area (Å²) >= 11 is 0. The van der Waals surface area contributed by atoms with Crippen molar-refractivity contribution in [1.82, 2.24) is 5.32 Å². The van der Waals surface area contributed by atoms with Crippen molar-refractivity contribution in [2.75, 3.05) is 13.1 Å². The number of hydrogen-bond acceptors (Lipinski definition) is 1. The highest BCUT2D eigenvalue weighted by Gasteiger charge is 2.20. The van der Waals surface area contributed by atoms with Gasteiger partial charge in [-0.2, -0.15) is 0 Å². The van der Waals surface area contributed by atoms with Crippen molar-refractivity contribution in [2.45, 2.75) is 25.4 Å². The number of aliphatic hydroxyl groups excluding tert-OH is 1. The van der Waals surface area contributed by atoms with Gasteiger partial charge in [0, 0.05) is 13.1 Å². The van der Waals surface area contributed by atoms with Crippen LogP contribution in [0.4, 0.5) is 0 Å². The number of aliphatic hydroxyl groups is 1. The van der Waals surface area contributed by atoms with Gasteiger partial charge in [0.2, 0.25) is 0 Å². The first-order valence-corrected chi connectivity index (χ1v) is 4.27. The first-order chi connectivity index (χ1) is 5.34. The van der Waals surface area contributed by atoms with Gasteiger partial charge in [-0.25, -0.2) is 5.32 Å². The number of rotatable bonds is 3. The molecule has 0 aliphatic carbocycles. The Kier molecular flexibility index (Phi) is 3.60. The summed E-state index contributed by atoms with van der Waals surface area (Å²) in [5, 5.41) is 13.8. The van der Waals surface area contributed by atoms with Crippen molar-refractivity contribution < 1.29 is 5.11 Å². The Balaban J connectivity index is 2.26. The van der Waals surface area contributed by atoms with Crippen LogP contribution in [0, 0.1) is 5.92 Å². The molecule has 0 aromatic heterocycles. The smallest absolute Gasteiger partial charge is 0.0615 e. The van der Waals surface area contributed by atoms with Crippen LogP contribution in [0.1, 0.15) is 19.3 Å². The maximum absolute atomic E-state index is 9.54. The molecule has 0 spiro atoms. The van der Waals surface area contributed by atoms with E-state index in [0.29, 0.717) is 12.3 Å². The van der Waals surface area contributed by atoms with Gasteiger partial charge in [-0.15, -0.1) is 6.58 Å². The predicted octanol–water partition coefficient (Wildman–Crippen LogP) is 0.938. The van der Waals surface area contributed by atoms with E-state index in [0.717, 1.165) is 25.9 Å². The van der Waals surface area contributed by atoms with Crippen LogP contribution >= 0.6 is 0 Å². The van der Waals surface area contributed by atoms with Gasteiger partial charge in [-0.1, -0.05) is 6.08 Å². The summed E-state index contributed by atoms with van der Waals surface area (Å²) < 4.78 is 0. The molecular formula is C9H16NO. The second-order valence-corrected chi connectivity index (χ2v) is 3.12. The Labute approximate surface area is 68.3 Å². The van der Waals surface area contributed by atoms with Crippen LogP contribution < -0.4 is 5.32 Å². The third kappa shape index (κ3) is 2.64. The summed E-state index contributed by atoms with van der Waals surface area (Å²) in [6.45, 7) is 5.43. The molecule has 0 saturated carbocycles. The van der Waals surface area contributed by atoms with Gasteiger partial charge in [0.15, 0.2) is 0 Å². The van der Waals surface area contributed by atoms with Crippen molar-refractivity contribution in [3.8, 4) is 0 Å². The Morgan fingerprint density at radius 2 is 2.55 bits per heavy atom. The van der Waals surface area contributed by atoms with Gasteiger partial charge in [0.1, 0.15) is 0 Å². The summed E-state index contributed by atoms with van der Waals surface area (Å²) in [5.41, 5.74) is 0. The molecule has 1 N–H and O–H groups in total. The zero-order valence-electron chi connectivity index (χ0n) is 6.87. The molecule has 0 bridgehead atoms. The molecule has 0 amide bonds. The quantitative estimate of drug-likeness (QED) is 0.603. The van der Waals surface area contributed by atoms with Gasteiger partial charge in [-0.05, 0) is 25.2 Å². The summed E-state index contributed by atoms with van der Waals surface area (Å²) in [5.74, 6) is 0.391. The average Bonchev–Trinajstić information content (AvgIpc) is 2.07. The van der Waals surface area contributed by atoms with E-state index in [-0.39, 0.29) is 6.10 Å². The van der Waals surface area contributed by atoms with E-state index in [4.69, 9.17) is 0 Å². The minimum Gasteiger partial charge on any atom is -0.392 e. The van der Waals surface area contributed by atoms with Gasteiger partial charge in [0.05, 0.1) is 6.10 Å². The molecule has 63 valence electrons. The molecular weight excluding hydrogens is 138 g/mol. The predicted molar refractivity (Wildman–Crippen MR) is 45.4 cm³/mol. The number of hydrogen-bond donors (Lipinski definition) is 1. The van der Waals surface area contributed by atoms with E-state index in [2.05, 4.69) is 11.9 Å². The minimum atomic E-state index is -0.212. The molecule has 1 heterocycles. The van der Waals surface area contributed by atoms with Crippen LogP contribution in [0.5, 0.6) is 0 Å². The van der Waals surface area contributed by atoms with Crippen LogP contribution in [0.25, 0.3) is 0 Å². The fourth-order valence-corrected chi connectivity index (χ4v) is 1.49. The van der Waals surface area contributed by atoms with E-state index >= 15 is 0 Å². The molecule has 1 aliphatic rings. The third-order valence-electron chi connectivity index (χ3n) is 2.21. The second kappa shape index (κ2) is 4.52. The SMILES string of the molecule is C=CCC(O)C1CCC[N]C1. The molecule has 11 heavy (non-hydrogen) atoms. The van der Waals surface area contributed by atoms with E-state index in [1.54, 1.807) is 6.08 Å². The van der Waals surface area contributed by atoms with Crippen LogP contribution in [0.15, 0.2) is 12.7 Å². The molecule has 0 aromatic rings. The third-order valence-corrected chi connectivity index (χ3v) is 2.21. The van der Waals surface area contributed by atoms with Crippen LogP contribution in [-0.2, 0) is 0 Å². The largest absolute Gasteiger partial charge is 0.392 e. The molecule has 2 heteroatoms. The lowest BCUT2D eigenvalue weighted by atomic mass is 9.92. The van der Waals surface area contributed by atoms with Crippen molar-refractivity contribution in [1.29, 1.82) is 0 Å². The highest BCUT2D eigenvalue weighted by Crippen LogP contribution is 2.17. The molecule has 1 radical (unpaired) electrons. The fraction of sp³-hybridized carbons (Fsp3) is 0.778. The van der Waals surface area contributed by atoms with Crippen LogP contribution in [-0.4, -0.2) is 24.3 Å². The zero-order chi connectivity index (χ0) is 8.10. The number of nitrogens with zero attached hydrogens (tertiary/aromatic N) is 1. The lowest BCUT2D eigenvalue weighted by Crippen LogP contribution is -2.32. The topological polar surface area (TPSA) is 34.3 Å². The molecule has 1 saturated heterocycles. The van der Waals surface area contributed by atoms with Gasteiger partial charge in [-0.3, -0.25) is 0 Å². The highest BCUT2D eigenvalue weighted by molar-refractivity contribution is 4.81. The summed E-state index contributed by atoms with van der Waals surface area (Å²) in [4.78, 5) is 0. The van der Waals surface area contributed by atoms with Gasteiger partial charge < -0.3 is 5.11 Å². The Hall–Kier alpha value is -0.340. The Morgan fingerprint density at radius 3 is 3.09 bits per heavy atom. The lowest BCUT2D eigenvalue weighted by molar-refractivity contribution is 0.0938. The standard InChI is InChI=1S/C9H16NO/c1-2-4-9(11)8-5-3-6-10-7-8/h2,8-9,11H,1,3-7H2. The second-order valence-electron chi connectivity index (χ2n) is 3.12. The molecule has 2 unspecified atom stereocenters. The Morgan fingerprint density at radius 1 is 1.73 bits per heavy atom.